The first-order valence-electron chi connectivity index (χ1n) is 34.2. The van der Waals surface area contributed by atoms with Crippen LogP contribution in [-0.4, -0.2) is 37.2 Å². The number of hydrogen-bond donors (Lipinski definition) is 0. The van der Waals surface area contributed by atoms with Crippen molar-refractivity contribution in [2.45, 2.75) is 399 Å². The van der Waals surface area contributed by atoms with Crippen molar-refractivity contribution in [1.29, 1.82) is 0 Å². The molecule has 0 aliphatic rings. The highest BCUT2D eigenvalue weighted by atomic mass is 16.6. The summed E-state index contributed by atoms with van der Waals surface area (Å²) in [6.45, 7) is 6.72. The molecule has 0 saturated heterocycles. The van der Waals surface area contributed by atoms with E-state index in [1.165, 1.54) is 295 Å². The molecule has 0 spiro atoms. The molecule has 0 aromatic heterocycles. The molecular weight excluding hydrogens is 925 g/mol. The zero-order valence-corrected chi connectivity index (χ0v) is 51.1. The van der Waals surface area contributed by atoms with Crippen LogP contribution >= 0.6 is 0 Å². The number of unbranched alkanes of at least 4 members (excludes halogenated alkanes) is 51. The zero-order valence-electron chi connectivity index (χ0n) is 51.1. The second kappa shape index (κ2) is 64.7. The van der Waals surface area contributed by atoms with Crippen LogP contribution in [0.1, 0.15) is 393 Å². The summed E-state index contributed by atoms with van der Waals surface area (Å²) in [5.74, 6) is -0.831. The smallest absolute Gasteiger partial charge is 0.306 e. The number of allylic oxidation sites excluding steroid dienone is 2. The highest BCUT2D eigenvalue weighted by Gasteiger charge is 2.19. The van der Waals surface area contributed by atoms with Crippen LogP contribution in [0, 0.1) is 0 Å². The minimum atomic E-state index is -0.765. The van der Waals surface area contributed by atoms with E-state index in [9.17, 15) is 14.4 Å². The maximum atomic E-state index is 12.9. The zero-order chi connectivity index (χ0) is 54.3. The Balaban J connectivity index is 4.21. The van der Waals surface area contributed by atoms with E-state index in [0.29, 0.717) is 19.3 Å². The van der Waals surface area contributed by atoms with Crippen LogP contribution in [0.3, 0.4) is 0 Å². The van der Waals surface area contributed by atoms with Crippen molar-refractivity contribution in [3.63, 3.8) is 0 Å². The lowest BCUT2D eigenvalue weighted by Gasteiger charge is -2.18. The molecule has 0 aromatic carbocycles. The molecule has 6 heteroatoms. The van der Waals surface area contributed by atoms with Crippen molar-refractivity contribution >= 4 is 17.9 Å². The summed E-state index contributed by atoms with van der Waals surface area (Å²) < 4.78 is 17.0. The Labute approximate surface area is 469 Å². The first-order chi connectivity index (χ1) is 37.0. The molecule has 0 radical (unpaired) electrons. The number of hydrogen-bond acceptors (Lipinski definition) is 6. The molecule has 0 aromatic rings. The van der Waals surface area contributed by atoms with Gasteiger partial charge in [-0.25, -0.2) is 0 Å². The van der Waals surface area contributed by atoms with Crippen LogP contribution in [0.4, 0.5) is 0 Å². The summed E-state index contributed by atoms with van der Waals surface area (Å²) in [4.78, 5) is 38.3. The Morgan fingerprint density at radius 3 is 0.667 bits per heavy atom. The first-order valence-corrected chi connectivity index (χ1v) is 34.2. The van der Waals surface area contributed by atoms with E-state index in [-0.39, 0.29) is 31.1 Å². The van der Waals surface area contributed by atoms with E-state index >= 15 is 0 Å². The van der Waals surface area contributed by atoms with Gasteiger partial charge in [-0.15, -0.1) is 0 Å². The summed E-state index contributed by atoms with van der Waals surface area (Å²) in [5, 5.41) is 0. The predicted molar refractivity (Wildman–Crippen MR) is 326 cm³/mol. The second-order valence-electron chi connectivity index (χ2n) is 23.5. The molecule has 0 saturated carbocycles. The summed E-state index contributed by atoms with van der Waals surface area (Å²) in [5.41, 5.74) is 0. The molecule has 0 bridgehead atoms. The summed E-state index contributed by atoms with van der Waals surface area (Å²) in [6, 6.07) is 0. The van der Waals surface area contributed by atoms with Crippen molar-refractivity contribution in [2.75, 3.05) is 13.2 Å². The number of carbonyl (C=O) groups excluding carboxylic acids is 3. The first kappa shape index (κ1) is 73.2. The van der Waals surface area contributed by atoms with Gasteiger partial charge in [0.1, 0.15) is 13.2 Å². The fraction of sp³-hybridized carbons (Fsp3) is 0.928. The van der Waals surface area contributed by atoms with Gasteiger partial charge in [0.25, 0.3) is 0 Å². The molecule has 0 heterocycles. The lowest BCUT2D eigenvalue weighted by molar-refractivity contribution is -0.167. The third kappa shape index (κ3) is 62.9. The monoisotopic (exact) mass is 1060 g/mol. The van der Waals surface area contributed by atoms with Crippen molar-refractivity contribution < 1.29 is 28.6 Å². The molecule has 0 aliphatic heterocycles. The van der Waals surface area contributed by atoms with Gasteiger partial charge < -0.3 is 14.2 Å². The predicted octanol–water partition coefficient (Wildman–Crippen LogP) is 23.2. The second-order valence-corrected chi connectivity index (χ2v) is 23.5. The van der Waals surface area contributed by atoms with E-state index < -0.39 is 6.10 Å². The summed E-state index contributed by atoms with van der Waals surface area (Å²) in [6.07, 6.45) is 76.6. The van der Waals surface area contributed by atoms with Crippen molar-refractivity contribution in [3.05, 3.63) is 12.2 Å². The molecule has 1 unspecified atom stereocenters. The van der Waals surface area contributed by atoms with Gasteiger partial charge in [0, 0.05) is 19.3 Å². The highest BCUT2D eigenvalue weighted by molar-refractivity contribution is 5.71. The largest absolute Gasteiger partial charge is 0.462 e. The Bertz CT molecular complexity index is 1170. The lowest BCUT2D eigenvalue weighted by atomic mass is 10.0. The molecule has 0 fully saturated rings. The molecule has 0 aliphatic carbocycles. The SMILES string of the molecule is CCCCCCCCCC/C=C\CCCCCCCCCCCCCC(=O)OCC(COC(=O)CCCCCCCCCCCCCC)OC(=O)CCCCCCCCCCCCCCCCCCCCCCCC. The average Bonchev–Trinajstić information content (AvgIpc) is 3.41. The summed E-state index contributed by atoms with van der Waals surface area (Å²) >= 11 is 0. The van der Waals surface area contributed by atoms with Crippen LogP contribution in [0.2, 0.25) is 0 Å². The fourth-order valence-electron chi connectivity index (χ4n) is 10.6. The van der Waals surface area contributed by atoms with Gasteiger partial charge >= 0.3 is 17.9 Å². The van der Waals surface area contributed by atoms with Crippen LogP contribution in [-0.2, 0) is 28.6 Å². The Morgan fingerprint density at radius 1 is 0.253 bits per heavy atom. The molecule has 0 N–H and O–H groups in total. The molecule has 6 nitrogen and oxygen atoms in total. The average molecular weight is 1060 g/mol. The molecular formula is C69H132O6. The van der Waals surface area contributed by atoms with Gasteiger partial charge in [-0.05, 0) is 44.9 Å². The molecule has 444 valence electrons. The maximum Gasteiger partial charge on any atom is 0.306 e. The Kier molecular flexibility index (Phi) is 63.1. The normalized spacial score (nSPS) is 12.0. The van der Waals surface area contributed by atoms with Crippen LogP contribution in [0.15, 0.2) is 12.2 Å². The molecule has 0 amide bonds. The molecule has 0 rings (SSSR count). The van der Waals surface area contributed by atoms with Crippen LogP contribution in [0.25, 0.3) is 0 Å². The molecule has 75 heavy (non-hydrogen) atoms. The van der Waals surface area contributed by atoms with E-state index in [1.54, 1.807) is 0 Å². The van der Waals surface area contributed by atoms with Crippen molar-refractivity contribution in [3.8, 4) is 0 Å². The van der Waals surface area contributed by atoms with E-state index in [0.717, 1.165) is 57.8 Å². The third-order valence-corrected chi connectivity index (χ3v) is 15.8. The summed E-state index contributed by atoms with van der Waals surface area (Å²) in [7, 11) is 0. The van der Waals surface area contributed by atoms with Gasteiger partial charge in [-0.1, -0.05) is 341 Å². The van der Waals surface area contributed by atoms with Crippen LogP contribution < -0.4 is 0 Å². The number of esters is 3. The fourth-order valence-corrected chi connectivity index (χ4v) is 10.6. The van der Waals surface area contributed by atoms with Crippen molar-refractivity contribution in [1.82, 2.24) is 0 Å². The maximum absolute atomic E-state index is 12.9. The topological polar surface area (TPSA) is 78.9 Å². The van der Waals surface area contributed by atoms with Crippen molar-refractivity contribution in [2.24, 2.45) is 0 Å². The standard InChI is InChI=1S/C69H132O6/c1-4-7-10-13-16-19-22-25-27-29-31-33-35-37-38-40-42-44-47-50-53-56-59-62-68(71)74-65-66(64-73-67(70)61-58-55-52-49-46-24-21-18-15-12-9-6-3)75-69(72)63-60-57-54-51-48-45-43-41-39-36-34-32-30-28-26-23-20-17-14-11-8-5-2/h29,31,66H,4-28,30,32-65H2,1-3H3/b31-29-. The lowest BCUT2D eigenvalue weighted by Crippen LogP contribution is -2.30. The van der Waals surface area contributed by atoms with E-state index in [2.05, 4.69) is 32.9 Å². The van der Waals surface area contributed by atoms with Gasteiger partial charge in [-0.3, -0.25) is 14.4 Å². The Hall–Kier alpha value is -1.85. The van der Waals surface area contributed by atoms with Gasteiger partial charge in [-0.2, -0.15) is 0 Å². The third-order valence-electron chi connectivity index (χ3n) is 15.8. The molecule has 1 atom stereocenters. The quantitative estimate of drug-likeness (QED) is 0.0261. The van der Waals surface area contributed by atoms with E-state index in [4.69, 9.17) is 14.2 Å². The van der Waals surface area contributed by atoms with Crippen LogP contribution in [0.5, 0.6) is 0 Å². The van der Waals surface area contributed by atoms with Gasteiger partial charge in [0.05, 0.1) is 0 Å². The van der Waals surface area contributed by atoms with E-state index in [1.807, 2.05) is 0 Å². The number of rotatable bonds is 64. The minimum absolute atomic E-state index is 0.0632. The Morgan fingerprint density at radius 2 is 0.440 bits per heavy atom. The van der Waals surface area contributed by atoms with Gasteiger partial charge in [0.15, 0.2) is 6.10 Å². The minimum Gasteiger partial charge on any atom is -0.462 e. The highest BCUT2D eigenvalue weighted by Crippen LogP contribution is 2.19. The number of ether oxygens (including phenoxy) is 3. The van der Waals surface area contributed by atoms with Gasteiger partial charge in [0.2, 0.25) is 0 Å². The number of carbonyl (C=O) groups is 3.